The van der Waals surface area contributed by atoms with Crippen LogP contribution in [0, 0.1) is 5.82 Å². The van der Waals surface area contributed by atoms with Crippen LogP contribution in [-0.2, 0) is 11.2 Å². The predicted molar refractivity (Wildman–Crippen MR) is 88.9 cm³/mol. The molecule has 0 aliphatic carbocycles. The quantitative estimate of drug-likeness (QED) is 0.816. The predicted octanol–water partition coefficient (Wildman–Crippen LogP) is 3.05. The van der Waals surface area contributed by atoms with Gasteiger partial charge in [0, 0.05) is 6.54 Å². The third-order valence-corrected chi connectivity index (χ3v) is 4.05. The van der Waals surface area contributed by atoms with Crippen molar-refractivity contribution in [3.05, 3.63) is 52.3 Å². The highest BCUT2D eigenvalue weighted by Gasteiger charge is 2.13. The van der Waals surface area contributed by atoms with E-state index in [2.05, 4.69) is 21.2 Å². The summed E-state index contributed by atoms with van der Waals surface area (Å²) in [7, 11) is 0. The van der Waals surface area contributed by atoms with Crippen LogP contribution in [0.5, 0.6) is 17.2 Å². The van der Waals surface area contributed by atoms with Gasteiger partial charge in [0.05, 0.1) is 4.47 Å². The minimum absolute atomic E-state index is 0.134. The minimum Gasteiger partial charge on any atom is -0.483 e. The lowest BCUT2D eigenvalue weighted by Gasteiger charge is -2.09. The first-order valence-electron chi connectivity index (χ1n) is 7.35. The van der Waals surface area contributed by atoms with E-state index in [0.717, 1.165) is 17.1 Å². The van der Waals surface area contributed by atoms with Crippen LogP contribution >= 0.6 is 15.9 Å². The molecule has 126 valence electrons. The second-order valence-corrected chi connectivity index (χ2v) is 6.01. The Morgan fingerprint density at radius 1 is 1.21 bits per heavy atom. The highest BCUT2D eigenvalue weighted by atomic mass is 79.9. The average molecular weight is 396 g/mol. The molecule has 0 unspecified atom stereocenters. The fourth-order valence-corrected chi connectivity index (χ4v) is 2.69. The molecule has 1 aliphatic rings. The number of ether oxygens (including phenoxy) is 3. The Morgan fingerprint density at radius 3 is 2.88 bits per heavy atom. The van der Waals surface area contributed by atoms with E-state index < -0.39 is 0 Å². The summed E-state index contributed by atoms with van der Waals surface area (Å²) in [5.41, 5.74) is 1.04. The smallest absolute Gasteiger partial charge is 0.257 e. The molecule has 1 N–H and O–H groups in total. The molecule has 1 amide bonds. The van der Waals surface area contributed by atoms with Gasteiger partial charge in [-0.15, -0.1) is 0 Å². The number of hydrogen-bond acceptors (Lipinski definition) is 4. The molecule has 2 aromatic carbocycles. The van der Waals surface area contributed by atoms with E-state index in [-0.39, 0.29) is 25.1 Å². The maximum absolute atomic E-state index is 13.0. The Labute approximate surface area is 146 Å². The maximum Gasteiger partial charge on any atom is 0.257 e. The summed E-state index contributed by atoms with van der Waals surface area (Å²) in [5, 5.41) is 2.77. The first-order valence-corrected chi connectivity index (χ1v) is 8.14. The van der Waals surface area contributed by atoms with Gasteiger partial charge in [-0.1, -0.05) is 6.07 Å². The molecule has 5 nitrogen and oxygen atoms in total. The van der Waals surface area contributed by atoms with Crippen LogP contribution in [0.1, 0.15) is 5.56 Å². The van der Waals surface area contributed by atoms with Gasteiger partial charge in [-0.3, -0.25) is 4.79 Å². The monoisotopic (exact) mass is 395 g/mol. The number of halogens is 2. The van der Waals surface area contributed by atoms with Crippen molar-refractivity contribution < 1.29 is 23.4 Å². The van der Waals surface area contributed by atoms with Gasteiger partial charge in [-0.05, 0) is 58.2 Å². The second kappa shape index (κ2) is 7.53. The van der Waals surface area contributed by atoms with Crippen LogP contribution in [0.2, 0.25) is 0 Å². The molecule has 0 spiro atoms. The molecule has 7 heteroatoms. The van der Waals surface area contributed by atoms with Crippen LogP contribution < -0.4 is 19.5 Å². The van der Waals surface area contributed by atoms with Crippen LogP contribution in [0.25, 0.3) is 0 Å². The van der Waals surface area contributed by atoms with E-state index in [1.54, 1.807) is 0 Å². The van der Waals surface area contributed by atoms with E-state index in [0.29, 0.717) is 23.2 Å². The molecule has 0 bridgehead atoms. The van der Waals surface area contributed by atoms with Crippen LogP contribution in [0.15, 0.2) is 40.9 Å². The van der Waals surface area contributed by atoms with Crippen molar-refractivity contribution in [2.45, 2.75) is 6.42 Å². The summed E-state index contributed by atoms with van der Waals surface area (Å²) >= 11 is 3.19. The number of fused-ring (bicyclic) bond motifs is 1. The second-order valence-electron chi connectivity index (χ2n) is 5.15. The van der Waals surface area contributed by atoms with Crippen molar-refractivity contribution in [1.29, 1.82) is 0 Å². The molecule has 24 heavy (non-hydrogen) atoms. The minimum atomic E-state index is -0.373. The molecule has 0 saturated carbocycles. The lowest BCUT2D eigenvalue weighted by Crippen LogP contribution is -2.30. The topological polar surface area (TPSA) is 56.8 Å². The van der Waals surface area contributed by atoms with Gasteiger partial charge < -0.3 is 19.5 Å². The zero-order valence-electron chi connectivity index (χ0n) is 12.7. The summed E-state index contributed by atoms with van der Waals surface area (Å²) < 4.78 is 29.4. The Hall–Kier alpha value is -2.28. The van der Waals surface area contributed by atoms with Gasteiger partial charge >= 0.3 is 0 Å². The fraction of sp³-hybridized carbons (Fsp3) is 0.235. The lowest BCUT2D eigenvalue weighted by atomic mass is 10.1. The highest BCUT2D eigenvalue weighted by Crippen LogP contribution is 2.32. The van der Waals surface area contributed by atoms with Crippen molar-refractivity contribution in [2.24, 2.45) is 0 Å². The van der Waals surface area contributed by atoms with Crippen LogP contribution in [-0.4, -0.2) is 25.9 Å². The summed E-state index contributed by atoms with van der Waals surface area (Å²) in [6.07, 6.45) is 0.669. The number of amides is 1. The fourth-order valence-electron chi connectivity index (χ4n) is 2.23. The first-order chi connectivity index (χ1) is 11.6. The van der Waals surface area contributed by atoms with Gasteiger partial charge in [0.1, 0.15) is 11.6 Å². The Kier molecular flexibility index (Phi) is 5.20. The van der Waals surface area contributed by atoms with Crippen molar-refractivity contribution >= 4 is 21.8 Å². The van der Waals surface area contributed by atoms with E-state index in [4.69, 9.17) is 14.2 Å². The summed E-state index contributed by atoms with van der Waals surface area (Å²) in [6, 6.07) is 9.73. The van der Waals surface area contributed by atoms with E-state index >= 15 is 0 Å². The SMILES string of the molecule is O=C(COc1ccc(F)cc1Br)NCCc1ccc2c(c1)OCO2. The number of benzene rings is 2. The molecule has 0 saturated heterocycles. The summed E-state index contributed by atoms with van der Waals surface area (Å²) in [4.78, 5) is 11.8. The zero-order valence-corrected chi connectivity index (χ0v) is 14.3. The number of hydrogen-bond donors (Lipinski definition) is 1. The van der Waals surface area contributed by atoms with Crippen molar-refractivity contribution in [3.63, 3.8) is 0 Å². The maximum atomic E-state index is 13.0. The normalized spacial score (nSPS) is 12.1. The van der Waals surface area contributed by atoms with Crippen molar-refractivity contribution in [3.8, 4) is 17.2 Å². The largest absolute Gasteiger partial charge is 0.483 e. The Morgan fingerprint density at radius 2 is 2.04 bits per heavy atom. The number of rotatable bonds is 6. The Bertz CT molecular complexity index is 753. The number of carbonyl (C=O) groups excluding carboxylic acids is 1. The van der Waals surface area contributed by atoms with Gasteiger partial charge in [0.25, 0.3) is 5.91 Å². The number of nitrogens with one attached hydrogen (secondary N) is 1. The molecule has 3 rings (SSSR count). The van der Waals surface area contributed by atoms with Crippen molar-refractivity contribution in [1.82, 2.24) is 5.32 Å². The molecule has 0 aromatic heterocycles. The van der Waals surface area contributed by atoms with E-state index in [9.17, 15) is 9.18 Å². The Balaban J connectivity index is 1.42. The standard InChI is InChI=1S/C17H15BrFNO4/c18-13-8-12(19)2-4-14(13)22-9-17(21)20-6-5-11-1-3-15-16(7-11)24-10-23-15/h1-4,7-8H,5-6,9-10H2,(H,20,21). The van der Waals surface area contributed by atoms with Crippen molar-refractivity contribution in [2.75, 3.05) is 19.9 Å². The van der Waals surface area contributed by atoms with Gasteiger partial charge in [0.15, 0.2) is 18.1 Å². The highest BCUT2D eigenvalue weighted by molar-refractivity contribution is 9.10. The summed E-state index contributed by atoms with van der Waals surface area (Å²) in [5.74, 6) is 1.26. The van der Waals surface area contributed by atoms with Gasteiger partial charge in [-0.2, -0.15) is 0 Å². The van der Waals surface area contributed by atoms with Crippen LogP contribution in [0.3, 0.4) is 0 Å². The zero-order chi connectivity index (χ0) is 16.9. The average Bonchev–Trinajstić information content (AvgIpc) is 3.02. The summed E-state index contributed by atoms with van der Waals surface area (Å²) in [6.45, 7) is 0.587. The molecule has 1 heterocycles. The number of carbonyl (C=O) groups is 1. The van der Waals surface area contributed by atoms with Gasteiger partial charge in [-0.25, -0.2) is 4.39 Å². The molecular weight excluding hydrogens is 381 g/mol. The van der Waals surface area contributed by atoms with Gasteiger partial charge in [0.2, 0.25) is 6.79 Å². The molecule has 2 aromatic rings. The van der Waals surface area contributed by atoms with E-state index in [1.807, 2.05) is 18.2 Å². The molecule has 0 radical (unpaired) electrons. The lowest BCUT2D eigenvalue weighted by molar-refractivity contribution is -0.123. The molecule has 1 aliphatic heterocycles. The van der Waals surface area contributed by atoms with E-state index in [1.165, 1.54) is 18.2 Å². The first kappa shape index (κ1) is 16.6. The third kappa shape index (κ3) is 4.17. The molecule has 0 fully saturated rings. The third-order valence-electron chi connectivity index (χ3n) is 3.43. The molecule has 0 atom stereocenters. The van der Waals surface area contributed by atoms with Crippen LogP contribution in [0.4, 0.5) is 4.39 Å². The molecular formula is C17H15BrFNO4.